The van der Waals surface area contributed by atoms with Crippen LogP contribution < -0.4 is 10.6 Å². The van der Waals surface area contributed by atoms with Crippen LogP contribution in [0.1, 0.15) is 16.6 Å². The van der Waals surface area contributed by atoms with Crippen LogP contribution in [0.15, 0.2) is 9.80 Å². The summed E-state index contributed by atoms with van der Waals surface area (Å²) in [6, 6.07) is 0.462. The van der Waals surface area contributed by atoms with E-state index in [4.69, 9.17) is 4.42 Å². The monoisotopic (exact) mass is 253 g/mol. The molecule has 2 heterocycles. The first-order valence-corrected chi connectivity index (χ1v) is 6.28. The van der Waals surface area contributed by atoms with Crippen molar-refractivity contribution in [1.29, 1.82) is 0 Å². The summed E-state index contributed by atoms with van der Waals surface area (Å²) in [5.41, 5.74) is 1.07. The van der Waals surface area contributed by atoms with E-state index in [0.717, 1.165) is 23.7 Å². The van der Waals surface area contributed by atoms with Gasteiger partial charge in [0.05, 0.1) is 11.6 Å². The fourth-order valence-electron chi connectivity index (χ4n) is 1.34. The second-order valence-electron chi connectivity index (χ2n) is 3.59. The minimum absolute atomic E-state index is 0.462. The Morgan fingerprint density at radius 1 is 1.41 bits per heavy atom. The van der Waals surface area contributed by atoms with Gasteiger partial charge in [-0.1, -0.05) is 5.10 Å². The number of aryl methyl sites for hydroxylation is 1. The number of nitrogens with one attached hydrogen (secondary N) is 2. The van der Waals surface area contributed by atoms with Crippen molar-refractivity contribution in [3.05, 3.63) is 22.0 Å². The molecule has 0 atom stereocenters. The number of anilines is 1. The lowest BCUT2D eigenvalue weighted by atomic mass is 10.4. The molecular formula is C10H15N5OS. The van der Waals surface area contributed by atoms with Gasteiger partial charge >= 0.3 is 6.01 Å². The molecule has 2 aromatic rings. The zero-order valence-electron chi connectivity index (χ0n) is 9.86. The summed E-state index contributed by atoms with van der Waals surface area (Å²) in [6.07, 6.45) is 0.863. The summed E-state index contributed by atoms with van der Waals surface area (Å²) in [7, 11) is 1.84. The van der Waals surface area contributed by atoms with Crippen molar-refractivity contribution in [1.82, 2.24) is 20.5 Å². The summed E-state index contributed by atoms with van der Waals surface area (Å²) in [6.45, 7) is 3.32. The minimum Gasteiger partial charge on any atom is -0.407 e. The van der Waals surface area contributed by atoms with Crippen molar-refractivity contribution >= 4 is 17.4 Å². The van der Waals surface area contributed by atoms with Crippen LogP contribution in [-0.2, 0) is 13.0 Å². The van der Waals surface area contributed by atoms with Crippen LogP contribution in [0.2, 0.25) is 0 Å². The van der Waals surface area contributed by atoms with Crippen molar-refractivity contribution in [3.63, 3.8) is 0 Å². The van der Waals surface area contributed by atoms with Gasteiger partial charge in [0, 0.05) is 24.0 Å². The highest BCUT2D eigenvalue weighted by molar-refractivity contribution is 7.09. The van der Waals surface area contributed by atoms with E-state index in [1.165, 1.54) is 0 Å². The van der Waals surface area contributed by atoms with Crippen LogP contribution in [0, 0.1) is 6.92 Å². The molecule has 17 heavy (non-hydrogen) atoms. The van der Waals surface area contributed by atoms with E-state index in [1.54, 1.807) is 11.3 Å². The third-order valence-electron chi connectivity index (χ3n) is 2.08. The highest BCUT2D eigenvalue weighted by atomic mass is 32.1. The molecule has 2 rings (SSSR count). The number of hydrogen-bond acceptors (Lipinski definition) is 7. The van der Waals surface area contributed by atoms with Gasteiger partial charge in [-0.15, -0.1) is 16.4 Å². The molecule has 0 amide bonds. The maximum atomic E-state index is 5.35. The fourth-order valence-corrected chi connectivity index (χ4v) is 2.12. The molecule has 0 fully saturated rings. The Morgan fingerprint density at radius 3 is 3.00 bits per heavy atom. The van der Waals surface area contributed by atoms with Gasteiger partial charge < -0.3 is 15.1 Å². The first kappa shape index (κ1) is 12.0. The predicted molar refractivity (Wildman–Crippen MR) is 66.1 cm³/mol. The first-order valence-electron chi connectivity index (χ1n) is 5.40. The van der Waals surface area contributed by atoms with E-state index in [1.807, 2.05) is 19.4 Å². The van der Waals surface area contributed by atoms with Gasteiger partial charge in [-0.3, -0.25) is 0 Å². The molecule has 0 saturated carbocycles. The summed E-state index contributed by atoms with van der Waals surface area (Å²) in [5, 5.41) is 17.0. The molecule has 0 spiro atoms. The van der Waals surface area contributed by atoms with Crippen LogP contribution in [0.4, 0.5) is 6.01 Å². The van der Waals surface area contributed by atoms with Crippen LogP contribution in [0.3, 0.4) is 0 Å². The average Bonchev–Trinajstić information content (AvgIpc) is 2.89. The quantitative estimate of drug-likeness (QED) is 0.806. The average molecular weight is 253 g/mol. The molecule has 7 heteroatoms. The third-order valence-corrected chi connectivity index (χ3v) is 3.10. The normalized spacial score (nSPS) is 10.7. The van der Waals surface area contributed by atoms with Gasteiger partial charge in [0.1, 0.15) is 0 Å². The number of nitrogens with zero attached hydrogens (tertiary/aromatic N) is 3. The summed E-state index contributed by atoms with van der Waals surface area (Å²) in [4.78, 5) is 4.38. The van der Waals surface area contributed by atoms with Crippen molar-refractivity contribution in [2.24, 2.45) is 0 Å². The lowest BCUT2D eigenvalue weighted by Crippen LogP contribution is -2.05. The summed E-state index contributed by atoms with van der Waals surface area (Å²) in [5.74, 6) is 0.583. The topological polar surface area (TPSA) is 75.9 Å². The summed E-state index contributed by atoms with van der Waals surface area (Å²) >= 11 is 1.67. The van der Waals surface area contributed by atoms with Gasteiger partial charge in [-0.05, 0) is 14.0 Å². The molecular weight excluding hydrogens is 238 g/mol. The fraction of sp³-hybridized carbons (Fsp3) is 0.500. The molecule has 0 aromatic carbocycles. The van der Waals surface area contributed by atoms with Gasteiger partial charge in [0.2, 0.25) is 5.89 Å². The van der Waals surface area contributed by atoms with Gasteiger partial charge in [-0.25, -0.2) is 4.98 Å². The molecule has 0 bridgehead atoms. The Labute approximate surface area is 103 Å². The maximum absolute atomic E-state index is 5.35. The Kier molecular flexibility index (Phi) is 4.05. The van der Waals surface area contributed by atoms with Crippen molar-refractivity contribution in [2.75, 3.05) is 18.9 Å². The van der Waals surface area contributed by atoms with E-state index >= 15 is 0 Å². The standard InChI is InChI=1S/C10H15N5OS/c1-7-6-17-9(13-7)3-4-12-10-15-14-8(16-10)5-11-2/h6,11H,3-5H2,1-2H3,(H,12,15). The molecule has 92 valence electrons. The molecule has 0 radical (unpaired) electrons. The van der Waals surface area contributed by atoms with E-state index in [9.17, 15) is 0 Å². The largest absolute Gasteiger partial charge is 0.407 e. The van der Waals surface area contributed by atoms with E-state index in [2.05, 4.69) is 25.8 Å². The van der Waals surface area contributed by atoms with E-state index in [0.29, 0.717) is 18.5 Å². The van der Waals surface area contributed by atoms with E-state index < -0.39 is 0 Å². The third kappa shape index (κ3) is 3.50. The minimum atomic E-state index is 0.462. The van der Waals surface area contributed by atoms with Crippen LogP contribution in [0.25, 0.3) is 0 Å². The van der Waals surface area contributed by atoms with Gasteiger partial charge in [0.25, 0.3) is 0 Å². The first-order chi connectivity index (χ1) is 8.28. The zero-order chi connectivity index (χ0) is 12.1. The molecule has 2 N–H and O–H groups in total. The molecule has 0 saturated heterocycles. The van der Waals surface area contributed by atoms with Gasteiger partial charge in [0.15, 0.2) is 0 Å². The van der Waals surface area contributed by atoms with Crippen molar-refractivity contribution in [3.8, 4) is 0 Å². The number of thiazole rings is 1. The van der Waals surface area contributed by atoms with Crippen molar-refractivity contribution < 1.29 is 4.42 Å². The number of aromatic nitrogens is 3. The Balaban J connectivity index is 1.77. The lowest BCUT2D eigenvalue weighted by Gasteiger charge is -1.98. The maximum Gasteiger partial charge on any atom is 0.315 e. The number of hydrogen-bond donors (Lipinski definition) is 2. The Morgan fingerprint density at radius 2 is 2.29 bits per heavy atom. The lowest BCUT2D eigenvalue weighted by molar-refractivity contribution is 0.489. The number of rotatable bonds is 6. The van der Waals surface area contributed by atoms with Crippen LogP contribution >= 0.6 is 11.3 Å². The van der Waals surface area contributed by atoms with Crippen molar-refractivity contribution in [2.45, 2.75) is 19.9 Å². The molecule has 0 aliphatic rings. The molecule has 6 nitrogen and oxygen atoms in total. The highest BCUT2D eigenvalue weighted by Gasteiger charge is 2.04. The molecule has 0 unspecified atom stereocenters. The Hall–Kier alpha value is -1.47. The summed E-state index contributed by atoms with van der Waals surface area (Å²) < 4.78 is 5.35. The SMILES string of the molecule is CNCc1nnc(NCCc2nc(C)cs2)o1. The van der Waals surface area contributed by atoms with Crippen LogP contribution in [-0.4, -0.2) is 28.8 Å². The van der Waals surface area contributed by atoms with Gasteiger partial charge in [-0.2, -0.15) is 0 Å². The smallest absolute Gasteiger partial charge is 0.315 e. The molecule has 2 aromatic heterocycles. The second kappa shape index (κ2) is 5.74. The van der Waals surface area contributed by atoms with E-state index in [-0.39, 0.29) is 0 Å². The predicted octanol–water partition coefficient (Wildman–Crippen LogP) is 1.21. The Bertz CT molecular complexity index is 467. The zero-order valence-corrected chi connectivity index (χ0v) is 10.7. The molecule has 0 aliphatic carbocycles. The highest BCUT2D eigenvalue weighted by Crippen LogP contribution is 2.10. The molecule has 0 aliphatic heterocycles. The second-order valence-corrected chi connectivity index (χ2v) is 4.53. The van der Waals surface area contributed by atoms with Crippen LogP contribution in [0.5, 0.6) is 0 Å².